The average Bonchev–Trinajstić information content (AvgIpc) is 3.06. The molecule has 30 heavy (non-hydrogen) atoms. The Morgan fingerprint density at radius 3 is 2.47 bits per heavy atom. The first-order valence-electron chi connectivity index (χ1n) is 9.58. The van der Waals surface area contributed by atoms with Gasteiger partial charge in [-0.2, -0.15) is 0 Å². The molecule has 0 saturated carbocycles. The topological polar surface area (TPSA) is 46.2 Å². The number of nitrogens with one attached hydrogen (secondary N) is 1. The molecule has 0 radical (unpaired) electrons. The van der Waals surface area contributed by atoms with Gasteiger partial charge in [-0.1, -0.05) is 36.4 Å². The molecule has 0 amide bonds. The fourth-order valence-electron chi connectivity index (χ4n) is 3.95. The summed E-state index contributed by atoms with van der Waals surface area (Å²) in [5.41, 5.74) is 6.64. The van der Waals surface area contributed by atoms with Crippen molar-refractivity contribution in [2.75, 3.05) is 11.9 Å². The third-order valence-corrected chi connectivity index (χ3v) is 6.87. The van der Waals surface area contributed by atoms with E-state index in [0.717, 1.165) is 33.5 Å². The zero-order valence-corrected chi connectivity index (χ0v) is 18.2. The lowest BCUT2D eigenvalue weighted by atomic mass is 9.86. The fraction of sp³-hybridized carbons (Fsp3) is 0.167. The summed E-state index contributed by atoms with van der Waals surface area (Å²) in [5, 5.41) is 3.37. The molecule has 0 heterocycles. The summed E-state index contributed by atoms with van der Waals surface area (Å²) in [7, 11) is 1.78. The van der Waals surface area contributed by atoms with E-state index < -0.39 is 9.05 Å². The van der Waals surface area contributed by atoms with Crippen molar-refractivity contribution in [2.45, 2.75) is 24.7 Å². The molecule has 1 aliphatic rings. The Morgan fingerprint density at radius 1 is 0.967 bits per heavy atom. The standard InChI is InChI=1S/C24H21ClFNO2S/c1-15-7-9-20(30(25,28)29)13-22(15)24-18(12-17-5-3-4-6-21(17)24)14-27-19-8-10-23(26)16(2)11-19/h3-13,24,27H,14H2,1-2H3. The van der Waals surface area contributed by atoms with Crippen molar-refractivity contribution in [3.05, 3.63) is 99.9 Å². The first-order chi connectivity index (χ1) is 14.2. The van der Waals surface area contributed by atoms with Crippen molar-refractivity contribution in [1.82, 2.24) is 0 Å². The number of benzene rings is 3. The number of hydrogen-bond donors (Lipinski definition) is 1. The SMILES string of the molecule is Cc1cc(NCC2=Cc3ccccc3C2c2cc(S(=O)(=O)Cl)ccc2C)ccc1F. The van der Waals surface area contributed by atoms with E-state index in [0.29, 0.717) is 12.1 Å². The van der Waals surface area contributed by atoms with Crippen LogP contribution in [0.1, 0.15) is 33.7 Å². The van der Waals surface area contributed by atoms with Crippen LogP contribution in [0.5, 0.6) is 0 Å². The zero-order chi connectivity index (χ0) is 21.5. The quantitative estimate of drug-likeness (QED) is 0.493. The third-order valence-electron chi connectivity index (χ3n) is 5.52. The van der Waals surface area contributed by atoms with E-state index in [2.05, 4.69) is 23.5 Å². The molecule has 0 saturated heterocycles. The van der Waals surface area contributed by atoms with Gasteiger partial charge >= 0.3 is 0 Å². The summed E-state index contributed by atoms with van der Waals surface area (Å²) in [6.07, 6.45) is 2.13. The molecule has 1 unspecified atom stereocenters. The number of fused-ring (bicyclic) bond motifs is 1. The van der Waals surface area contributed by atoms with E-state index in [-0.39, 0.29) is 16.6 Å². The molecule has 1 aliphatic carbocycles. The molecule has 6 heteroatoms. The Balaban J connectivity index is 1.73. The summed E-state index contributed by atoms with van der Waals surface area (Å²) in [6, 6.07) is 18.0. The van der Waals surface area contributed by atoms with Gasteiger partial charge in [0.15, 0.2) is 0 Å². The maximum absolute atomic E-state index is 13.6. The summed E-state index contributed by atoms with van der Waals surface area (Å²) >= 11 is 0. The minimum atomic E-state index is -3.83. The molecule has 0 fully saturated rings. The molecule has 0 bridgehead atoms. The summed E-state index contributed by atoms with van der Waals surface area (Å²) in [5.74, 6) is -0.325. The molecule has 1 N–H and O–H groups in total. The smallest absolute Gasteiger partial charge is 0.261 e. The molecule has 3 nitrogen and oxygen atoms in total. The summed E-state index contributed by atoms with van der Waals surface area (Å²) in [6.45, 7) is 4.24. The predicted octanol–water partition coefficient (Wildman–Crippen LogP) is 6.01. The Labute approximate surface area is 180 Å². The van der Waals surface area contributed by atoms with Crippen LogP contribution < -0.4 is 5.32 Å². The number of rotatable bonds is 5. The molecule has 4 rings (SSSR count). The van der Waals surface area contributed by atoms with Gasteiger partial charge < -0.3 is 5.32 Å². The lowest BCUT2D eigenvalue weighted by Crippen LogP contribution is -2.12. The number of halogens is 2. The molecule has 0 spiro atoms. The van der Waals surface area contributed by atoms with Crippen LogP contribution in [-0.4, -0.2) is 15.0 Å². The highest BCUT2D eigenvalue weighted by Gasteiger charge is 2.28. The first kappa shape index (κ1) is 20.6. The van der Waals surface area contributed by atoms with E-state index in [4.69, 9.17) is 10.7 Å². The van der Waals surface area contributed by atoms with Gasteiger partial charge in [0, 0.05) is 28.8 Å². The van der Waals surface area contributed by atoms with E-state index in [1.165, 1.54) is 12.1 Å². The molecule has 0 aromatic heterocycles. The van der Waals surface area contributed by atoms with Crippen molar-refractivity contribution < 1.29 is 12.8 Å². The monoisotopic (exact) mass is 441 g/mol. The fourth-order valence-corrected chi connectivity index (χ4v) is 4.73. The van der Waals surface area contributed by atoms with Crippen molar-refractivity contribution >= 4 is 31.5 Å². The second-order valence-electron chi connectivity index (χ2n) is 7.55. The van der Waals surface area contributed by atoms with Crippen molar-refractivity contribution in [3.63, 3.8) is 0 Å². The maximum atomic E-state index is 13.6. The normalized spacial score (nSPS) is 15.6. The highest BCUT2D eigenvalue weighted by molar-refractivity contribution is 8.13. The Morgan fingerprint density at radius 2 is 1.73 bits per heavy atom. The van der Waals surface area contributed by atoms with E-state index in [9.17, 15) is 12.8 Å². The van der Waals surface area contributed by atoms with Crippen LogP contribution in [0.3, 0.4) is 0 Å². The van der Waals surface area contributed by atoms with Crippen LogP contribution in [-0.2, 0) is 9.05 Å². The van der Waals surface area contributed by atoms with Gasteiger partial charge in [-0.15, -0.1) is 0 Å². The zero-order valence-electron chi connectivity index (χ0n) is 16.6. The van der Waals surface area contributed by atoms with Crippen LogP contribution in [0.25, 0.3) is 6.08 Å². The van der Waals surface area contributed by atoms with Crippen molar-refractivity contribution in [2.24, 2.45) is 0 Å². The molecule has 154 valence electrons. The molecule has 0 aliphatic heterocycles. The van der Waals surface area contributed by atoms with Gasteiger partial charge in [0.05, 0.1) is 4.90 Å². The number of hydrogen-bond acceptors (Lipinski definition) is 3. The van der Waals surface area contributed by atoms with Gasteiger partial charge in [0.1, 0.15) is 5.82 Å². The van der Waals surface area contributed by atoms with Crippen LogP contribution in [0.2, 0.25) is 0 Å². The molecule has 1 atom stereocenters. The molecule has 3 aromatic carbocycles. The summed E-state index contributed by atoms with van der Waals surface area (Å²) < 4.78 is 37.4. The molecular weight excluding hydrogens is 421 g/mol. The van der Waals surface area contributed by atoms with Gasteiger partial charge in [-0.05, 0) is 77.6 Å². The highest BCUT2D eigenvalue weighted by Crippen LogP contribution is 2.42. The molecule has 3 aromatic rings. The third kappa shape index (κ3) is 4.00. The second-order valence-corrected chi connectivity index (χ2v) is 10.1. The van der Waals surface area contributed by atoms with Crippen molar-refractivity contribution in [3.8, 4) is 0 Å². The predicted molar refractivity (Wildman–Crippen MR) is 120 cm³/mol. The Bertz CT molecular complexity index is 1270. The summed E-state index contributed by atoms with van der Waals surface area (Å²) in [4.78, 5) is 0.0932. The van der Waals surface area contributed by atoms with Crippen LogP contribution in [0.4, 0.5) is 10.1 Å². The largest absolute Gasteiger partial charge is 0.381 e. The van der Waals surface area contributed by atoms with E-state index in [1.54, 1.807) is 31.2 Å². The number of anilines is 1. The van der Waals surface area contributed by atoms with Gasteiger partial charge in [-0.3, -0.25) is 0 Å². The van der Waals surface area contributed by atoms with Crippen LogP contribution in [0.15, 0.2) is 71.1 Å². The minimum Gasteiger partial charge on any atom is -0.381 e. The second kappa shape index (κ2) is 7.89. The van der Waals surface area contributed by atoms with Crippen molar-refractivity contribution in [1.29, 1.82) is 0 Å². The lowest BCUT2D eigenvalue weighted by molar-refractivity contribution is 0.609. The van der Waals surface area contributed by atoms with E-state index in [1.807, 2.05) is 19.1 Å². The van der Waals surface area contributed by atoms with Crippen LogP contribution >= 0.6 is 10.7 Å². The van der Waals surface area contributed by atoms with E-state index >= 15 is 0 Å². The minimum absolute atomic E-state index is 0.0892. The highest BCUT2D eigenvalue weighted by atomic mass is 35.7. The Hall–Kier alpha value is -2.63. The maximum Gasteiger partial charge on any atom is 0.261 e. The molecular formula is C24H21ClFNO2S. The first-order valence-corrected chi connectivity index (χ1v) is 11.9. The van der Waals surface area contributed by atoms with Crippen LogP contribution in [0, 0.1) is 19.7 Å². The van der Waals surface area contributed by atoms with Gasteiger partial charge in [0.2, 0.25) is 0 Å². The van der Waals surface area contributed by atoms with Gasteiger partial charge in [-0.25, -0.2) is 12.8 Å². The van der Waals surface area contributed by atoms with Gasteiger partial charge in [0.25, 0.3) is 9.05 Å². The lowest BCUT2D eigenvalue weighted by Gasteiger charge is -2.21. The Kier molecular flexibility index (Phi) is 5.43. The average molecular weight is 442 g/mol. The number of aryl methyl sites for hydroxylation is 2.